The second-order valence-corrected chi connectivity index (χ2v) is 6.04. The number of rotatable bonds is 2. The molecule has 0 saturated heterocycles. The number of carbonyl (C=O) groups excluding carboxylic acids is 2. The van der Waals surface area contributed by atoms with Crippen LogP contribution in [0.4, 0.5) is 0 Å². The molecule has 0 amide bonds. The second-order valence-electron chi connectivity index (χ2n) is 4.97. The van der Waals surface area contributed by atoms with E-state index >= 15 is 0 Å². The minimum atomic E-state index is -0.128. The summed E-state index contributed by atoms with van der Waals surface area (Å²) < 4.78 is 0. The summed E-state index contributed by atoms with van der Waals surface area (Å²) in [5.41, 5.74) is 2.92. The number of fused-ring (bicyclic) bond motifs is 1. The minimum Gasteiger partial charge on any atom is -0.289 e. The summed E-state index contributed by atoms with van der Waals surface area (Å²) in [4.78, 5) is 29.4. The second kappa shape index (κ2) is 5.30. The minimum absolute atomic E-state index is 0.115. The van der Waals surface area contributed by atoms with Crippen molar-refractivity contribution in [2.75, 3.05) is 0 Å². The zero-order chi connectivity index (χ0) is 15.0. The lowest BCUT2D eigenvalue weighted by Crippen LogP contribution is -2.15. The van der Waals surface area contributed by atoms with Crippen LogP contribution in [0.25, 0.3) is 0 Å². The fourth-order valence-electron chi connectivity index (χ4n) is 2.34. The molecule has 1 aromatic heterocycles. The quantitative estimate of drug-likeness (QED) is 0.846. The lowest BCUT2D eigenvalue weighted by Gasteiger charge is -2.14. The van der Waals surface area contributed by atoms with Crippen LogP contribution in [0.15, 0.2) is 52.4 Å². The van der Waals surface area contributed by atoms with Crippen molar-refractivity contribution in [1.29, 1.82) is 0 Å². The molecule has 21 heavy (non-hydrogen) atoms. The van der Waals surface area contributed by atoms with Crippen molar-refractivity contribution in [2.24, 2.45) is 0 Å². The number of allylic oxidation sites excluding steroid dienone is 2. The average Bonchev–Trinajstić information content (AvgIpc) is 2.43. The van der Waals surface area contributed by atoms with Crippen LogP contribution in [0, 0.1) is 13.8 Å². The molecule has 0 atom stereocenters. The number of aromatic nitrogens is 1. The number of aryl methyl sites for hydroxylation is 2. The van der Waals surface area contributed by atoms with Crippen molar-refractivity contribution in [1.82, 2.24) is 4.98 Å². The van der Waals surface area contributed by atoms with Crippen LogP contribution in [0.3, 0.4) is 0 Å². The molecular formula is C17H13NO2S. The molecule has 0 N–H and O–H groups in total. The van der Waals surface area contributed by atoms with Gasteiger partial charge < -0.3 is 0 Å². The molecule has 0 unspecified atom stereocenters. The Kier molecular flexibility index (Phi) is 3.47. The smallest absolute Gasteiger partial charge is 0.200 e. The van der Waals surface area contributed by atoms with Crippen molar-refractivity contribution in [3.63, 3.8) is 0 Å². The third-order valence-corrected chi connectivity index (χ3v) is 4.15. The molecule has 1 aliphatic rings. The Morgan fingerprint density at radius 3 is 2.43 bits per heavy atom. The number of Topliss-reactive ketones (excluding diaryl/α,β-unsaturated/α-hetero) is 1. The fourth-order valence-corrected chi connectivity index (χ4v) is 3.36. The van der Waals surface area contributed by atoms with Gasteiger partial charge in [0.1, 0.15) is 5.03 Å². The summed E-state index contributed by atoms with van der Waals surface area (Å²) >= 11 is 1.25. The molecule has 3 rings (SSSR count). The van der Waals surface area contributed by atoms with Crippen LogP contribution in [0.5, 0.6) is 0 Å². The number of ketones is 2. The van der Waals surface area contributed by atoms with Gasteiger partial charge in [0.2, 0.25) is 5.78 Å². The summed E-state index contributed by atoms with van der Waals surface area (Å²) in [5.74, 6) is -0.242. The molecule has 0 fully saturated rings. The largest absolute Gasteiger partial charge is 0.289 e. The van der Waals surface area contributed by atoms with E-state index in [2.05, 4.69) is 4.98 Å². The first-order valence-electron chi connectivity index (χ1n) is 6.57. The Bertz CT molecular complexity index is 773. The van der Waals surface area contributed by atoms with Gasteiger partial charge >= 0.3 is 0 Å². The highest BCUT2D eigenvalue weighted by atomic mass is 32.2. The third kappa shape index (κ3) is 2.67. The number of thioether (sulfide) groups is 1. The van der Waals surface area contributed by atoms with Crippen LogP contribution >= 0.6 is 11.8 Å². The van der Waals surface area contributed by atoms with Gasteiger partial charge in [0.05, 0.1) is 4.91 Å². The number of carbonyl (C=O) groups is 2. The summed E-state index contributed by atoms with van der Waals surface area (Å²) in [5, 5.41) is 0.735. The van der Waals surface area contributed by atoms with Gasteiger partial charge in [-0.25, -0.2) is 4.98 Å². The predicted octanol–water partition coefficient (Wildman–Crippen LogP) is 3.75. The first-order chi connectivity index (χ1) is 10.0. The van der Waals surface area contributed by atoms with Crippen molar-refractivity contribution >= 4 is 23.3 Å². The van der Waals surface area contributed by atoms with Crippen molar-refractivity contribution in [3.8, 4) is 0 Å². The van der Waals surface area contributed by atoms with Gasteiger partial charge in [-0.15, -0.1) is 0 Å². The van der Waals surface area contributed by atoms with E-state index in [1.54, 1.807) is 24.3 Å². The molecule has 1 aromatic carbocycles. The molecule has 0 spiro atoms. The molecule has 3 nitrogen and oxygen atoms in total. The Balaban J connectivity index is 1.97. The van der Waals surface area contributed by atoms with Crippen LogP contribution in [0.2, 0.25) is 0 Å². The first kappa shape index (κ1) is 13.8. The van der Waals surface area contributed by atoms with E-state index in [4.69, 9.17) is 0 Å². The Labute approximate surface area is 127 Å². The van der Waals surface area contributed by atoms with Gasteiger partial charge in [-0.1, -0.05) is 36.0 Å². The molecule has 0 radical (unpaired) electrons. The Morgan fingerprint density at radius 2 is 1.71 bits per heavy atom. The van der Waals surface area contributed by atoms with Gasteiger partial charge in [-0.3, -0.25) is 9.59 Å². The highest BCUT2D eigenvalue weighted by Gasteiger charge is 2.25. The fraction of sp³-hybridized carbons (Fsp3) is 0.118. The highest BCUT2D eigenvalue weighted by molar-refractivity contribution is 8.04. The van der Waals surface area contributed by atoms with E-state index in [1.165, 1.54) is 17.8 Å². The van der Waals surface area contributed by atoms with E-state index in [1.807, 2.05) is 26.0 Å². The molecule has 4 heteroatoms. The molecule has 1 heterocycles. The summed E-state index contributed by atoms with van der Waals surface area (Å²) in [7, 11) is 0. The summed E-state index contributed by atoms with van der Waals surface area (Å²) in [6.45, 7) is 3.89. The maximum atomic E-state index is 12.5. The molecular weight excluding hydrogens is 282 g/mol. The standard InChI is InChI=1S/C17H13NO2S/c1-10-7-11(2)18-16(8-10)21-15-9-14(19)12-5-3-4-6-13(12)17(15)20/h3-9H,1-2H3. The maximum Gasteiger partial charge on any atom is 0.200 e. The van der Waals surface area contributed by atoms with E-state index in [-0.39, 0.29) is 11.6 Å². The van der Waals surface area contributed by atoms with Gasteiger partial charge in [0.15, 0.2) is 5.78 Å². The molecule has 2 aromatic rings. The maximum absolute atomic E-state index is 12.5. The lowest BCUT2D eigenvalue weighted by molar-refractivity contribution is 0.0991. The van der Waals surface area contributed by atoms with Crippen LogP contribution in [-0.4, -0.2) is 16.6 Å². The lowest BCUT2D eigenvalue weighted by atomic mass is 9.95. The Hall–Kier alpha value is -2.20. The predicted molar refractivity (Wildman–Crippen MR) is 82.8 cm³/mol. The summed E-state index contributed by atoms with van der Waals surface area (Å²) in [6.07, 6.45) is 1.41. The van der Waals surface area contributed by atoms with E-state index in [0.29, 0.717) is 16.0 Å². The van der Waals surface area contributed by atoms with Crippen LogP contribution in [-0.2, 0) is 0 Å². The normalized spacial score (nSPS) is 13.9. The van der Waals surface area contributed by atoms with E-state index in [9.17, 15) is 9.59 Å². The number of hydrogen-bond acceptors (Lipinski definition) is 4. The van der Waals surface area contributed by atoms with E-state index < -0.39 is 0 Å². The number of nitrogens with zero attached hydrogens (tertiary/aromatic N) is 1. The Morgan fingerprint density at radius 1 is 1.00 bits per heavy atom. The van der Waals surface area contributed by atoms with E-state index in [0.717, 1.165) is 16.3 Å². The highest BCUT2D eigenvalue weighted by Crippen LogP contribution is 2.32. The molecule has 1 aliphatic carbocycles. The third-order valence-electron chi connectivity index (χ3n) is 3.21. The molecule has 0 saturated carbocycles. The molecule has 0 bridgehead atoms. The van der Waals surface area contributed by atoms with Crippen molar-refractivity contribution < 1.29 is 9.59 Å². The van der Waals surface area contributed by atoms with Gasteiger partial charge in [0.25, 0.3) is 0 Å². The van der Waals surface area contributed by atoms with Crippen molar-refractivity contribution in [2.45, 2.75) is 18.9 Å². The van der Waals surface area contributed by atoms with Gasteiger partial charge in [0, 0.05) is 22.9 Å². The number of pyridine rings is 1. The SMILES string of the molecule is Cc1cc(C)nc(SC2=CC(=O)c3ccccc3C2=O)c1. The average molecular weight is 295 g/mol. The molecule has 0 aliphatic heterocycles. The van der Waals surface area contributed by atoms with Gasteiger partial charge in [-0.05, 0) is 31.5 Å². The summed E-state index contributed by atoms with van der Waals surface area (Å²) in [6, 6.07) is 10.8. The topological polar surface area (TPSA) is 47.0 Å². The van der Waals surface area contributed by atoms with Crippen LogP contribution in [0.1, 0.15) is 32.0 Å². The monoisotopic (exact) mass is 295 g/mol. The van der Waals surface area contributed by atoms with Gasteiger partial charge in [-0.2, -0.15) is 0 Å². The first-order valence-corrected chi connectivity index (χ1v) is 7.39. The van der Waals surface area contributed by atoms with Crippen LogP contribution < -0.4 is 0 Å². The number of hydrogen-bond donors (Lipinski definition) is 0. The number of benzene rings is 1. The van der Waals surface area contributed by atoms with Crippen molar-refractivity contribution in [3.05, 3.63) is 69.8 Å². The molecule has 104 valence electrons. The zero-order valence-electron chi connectivity index (χ0n) is 11.7. The zero-order valence-corrected chi connectivity index (χ0v) is 12.5.